The largest absolute Gasteiger partial charge is 0.488 e. The second-order valence-electron chi connectivity index (χ2n) is 4.02. The lowest BCUT2D eigenvalue weighted by atomic mass is 10.3. The van der Waals surface area contributed by atoms with Crippen LogP contribution in [-0.2, 0) is 0 Å². The Morgan fingerprint density at radius 3 is 2.83 bits per heavy atom. The molecule has 0 radical (unpaired) electrons. The number of hydrogen-bond donors (Lipinski definition) is 1. The van der Waals surface area contributed by atoms with Gasteiger partial charge in [-0.1, -0.05) is 0 Å². The van der Waals surface area contributed by atoms with Gasteiger partial charge in [0.2, 0.25) is 0 Å². The molecule has 0 bridgehead atoms. The summed E-state index contributed by atoms with van der Waals surface area (Å²) >= 11 is 0. The molecule has 6 nitrogen and oxygen atoms in total. The smallest absolute Gasteiger partial charge is 0.337 e. The fraction of sp³-hybridized carbons (Fsp3) is 0.250. The number of rotatable bonds is 4. The Hall–Kier alpha value is -2.37. The highest BCUT2D eigenvalue weighted by Gasteiger charge is 2.07. The minimum atomic E-state index is -1.02. The number of hydrogen-bond acceptors (Lipinski definition) is 4. The highest BCUT2D eigenvalue weighted by atomic mass is 16.5. The zero-order valence-electron chi connectivity index (χ0n) is 10.1. The molecule has 0 aliphatic heterocycles. The Bertz CT molecular complexity index is 563. The first-order valence-electron chi connectivity index (χ1n) is 5.46. The van der Waals surface area contributed by atoms with Crippen molar-refractivity contribution in [2.45, 2.75) is 20.0 Å². The van der Waals surface area contributed by atoms with Gasteiger partial charge in [0.1, 0.15) is 0 Å². The van der Waals surface area contributed by atoms with Crippen LogP contribution in [0.1, 0.15) is 24.2 Å². The van der Waals surface area contributed by atoms with E-state index in [1.807, 2.05) is 13.8 Å². The minimum absolute atomic E-state index is 0.0612. The zero-order chi connectivity index (χ0) is 13.1. The quantitative estimate of drug-likeness (QED) is 0.890. The van der Waals surface area contributed by atoms with Crippen LogP contribution in [-0.4, -0.2) is 31.9 Å². The van der Waals surface area contributed by atoms with Gasteiger partial charge in [0.15, 0.2) is 5.75 Å². The second kappa shape index (κ2) is 4.87. The summed E-state index contributed by atoms with van der Waals surface area (Å²) in [5.41, 5.74) is 0.697. The van der Waals surface area contributed by atoms with Crippen molar-refractivity contribution < 1.29 is 14.6 Å². The Labute approximate surface area is 104 Å². The van der Waals surface area contributed by atoms with Crippen LogP contribution in [0.4, 0.5) is 0 Å². The van der Waals surface area contributed by atoms with Crippen LogP contribution in [0, 0.1) is 0 Å². The van der Waals surface area contributed by atoms with Gasteiger partial charge in [-0.3, -0.25) is 4.98 Å². The van der Waals surface area contributed by atoms with Gasteiger partial charge in [-0.2, -0.15) is 5.10 Å². The number of carboxylic acid groups (broad SMARTS) is 1. The summed E-state index contributed by atoms with van der Waals surface area (Å²) in [6.45, 7) is 3.84. The molecule has 0 amide bonds. The number of carbonyl (C=O) groups is 1. The van der Waals surface area contributed by atoms with E-state index in [1.165, 1.54) is 16.9 Å². The molecule has 1 N–H and O–H groups in total. The van der Waals surface area contributed by atoms with Gasteiger partial charge < -0.3 is 9.84 Å². The molecule has 2 rings (SSSR count). The van der Waals surface area contributed by atoms with E-state index in [4.69, 9.17) is 9.84 Å². The van der Waals surface area contributed by atoms with Gasteiger partial charge in [-0.15, -0.1) is 0 Å². The summed E-state index contributed by atoms with van der Waals surface area (Å²) in [6, 6.07) is 1.50. The fourth-order valence-electron chi connectivity index (χ4n) is 1.45. The third kappa shape index (κ3) is 2.65. The molecule has 18 heavy (non-hydrogen) atoms. The van der Waals surface area contributed by atoms with Gasteiger partial charge >= 0.3 is 5.97 Å². The van der Waals surface area contributed by atoms with Crippen molar-refractivity contribution in [1.29, 1.82) is 0 Å². The first kappa shape index (κ1) is 12.1. The fourth-order valence-corrected chi connectivity index (χ4v) is 1.45. The van der Waals surface area contributed by atoms with E-state index in [0.717, 1.165) is 0 Å². The standard InChI is InChI=1S/C12H13N3O3/c1-8(2)18-11-6-14-15(7-11)10-3-9(12(16)17)4-13-5-10/h3-8H,1-2H3,(H,16,17). The molecule has 0 aromatic carbocycles. The summed E-state index contributed by atoms with van der Waals surface area (Å²) < 4.78 is 7.00. The molecule has 2 aromatic rings. The van der Waals surface area contributed by atoms with Crippen LogP contribution in [0.5, 0.6) is 5.75 Å². The predicted octanol–water partition coefficient (Wildman–Crippen LogP) is 1.75. The van der Waals surface area contributed by atoms with Gasteiger partial charge in [0.25, 0.3) is 0 Å². The van der Waals surface area contributed by atoms with E-state index in [0.29, 0.717) is 11.4 Å². The monoisotopic (exact) mass is 247 g/mol. The molecule has 0 fully saturated rings. The molecule has 0 spiro atoms. The highest BCUT2D eigenvalue weighted by Crippen LogP contribution is 2.15. The van der Waals surface area contributed by atoms with Crippen LogP contribution in [0.15, 0.2) is 30.9 Å². The molecular formula is C12H13N3O3. The predicted molar refractivity (Wildman–Crippen MR) is 64.1 cm³/mol. The van der Waals surface area contributed by atoms with E-state index >= 15 is 0 Å². The molecular weight excluding hydrogens is 234 g/mol. The van der Waals surface area contributed by atoms with E-state index < -0.39 is 5.97 Å². The molecule has 94 valence electrons. The van der Waals surface area contributed by atoms with Crippen molar-refractivity contribution in [2.75, 3.05) is 0 Å². The normalized spacial score (nSPS) is 10.6. The van der Waals surface area contributed by atoms with Crippen molar-refractivity contribution in [3.8, 4) is 11.4 Å². The minimum Gasteiger partial charge on any atom is -0.488 e. The van der Waals surface area contributed by atoms with Crippen molar-refractivity contribution in [3.63, 3.8) is 0 Å². The lowest BCUT2D eigenvalue weighted by Gasteiger charge is -2.05. The second-order valence-corrected chi connectivity index (χ2v) is 4.02. The maximum Gasteiger partial charge on any atom is 0.337 e. The summed E-state index contributed by atoms with van der Waals surface area (Å²) in [4.78, 5) is 14.7. The van der Waals surface area contributed by atoms with Gasteiger partial charge in [0, 0.05) is 6.20 Å². The molecule has 0 unspecified atom stereocenters. The van der Waals surface area contributed by atoms with Crippen LogP contribution < -0.4 is 4.74 Å². The Morgan fingerprint density at radius 1 is 1.39 bits per heavy atom. The number of aromatic carboxylic acids is 1. The zero-order valence-corrected chi connectivity index (χ0v) is 10.1. The van der Waals surface area contributed by atoms with Crippen molar-refractivity contribution in [3.05, 3.63) is 36.4 Å². The third-order valence-corrected chi connectivity index (χ3v) is 2.17. The molecule has 2 aromatic heterocycles. The molecule has 6 heteroatoms. The average molecular weight is 247 g/mol. The van der Waals surface area contributed by atoms with Crippen molar-refractivity contribution in [1.82, 2.24) is 14.8 Å². The van der Waals surface area contributed by atoms with E-state index in [-0.39, 0.29) is 11.7 Å². The molecule has 2 heterocycles. The van der Waals surface area contributed by atoms with Gasteiger partial charge in [-0.25, -0.2) is 9.48 Å². The van der Waals surface area contributed by atoms with E-state index in [9.17, 15) is 4.79 Å². The Morgan fingerprint density at radius 2 is 2.17 bits per heavy atom. The highest BCUT2D eigenvalue weighted by molar-refractivity contribution is 5.87. The van der Waals surface area contributed by atoms with E-state index in [2.05, 4.69) is 10.1 Å². The summed E-state index contributed by atoms with van der Waals surface area (Å²) in [5.74, 6) is -0.388. The first-order valence-corrected chi connectivity index (χ1v) is 5.46. The SMILES string of the molecule is CC(C)Oc1cnn(-c2cncc(C(=O)O)c2)c1. The molecule has 0 saturated carbocycles. The maximum atomic E-state index is 10.8. The Kier molecular flexibility index (Phi) is 3.27. The average Bonchev–Trinajstić information content (AvgIpc) is 2.77. The van der Waals surface area contributed by atoms with Crippen LogP contribution in [0.2, 0.25) is 0 Å². The summed E-state index contributed by atoms with van der Waals surface area (Å²) in [6.07, 6.45) is 6.15. The lowest BCUT2D eigenvalue weighted by Crippen LogP contribution is -2.04. The summed E-state index contributed by atoms with van der Waals surface area (Å²) in [5, 5.41) is 13.0. The number of pyridine rings is 1. The number of ether oxygens (including phenoxy) is 1. The van der Waals surface area contributed by atoms with Crippen molar-refractivity contribution in [2.24, 2.45) is 0 Å². The van der Waals surface area contributed by atoms with Crippen molar-refractivity contribution >= 4 is 5.97 Å². The maximum absolute atomic E-state index is 10.8. The molecule has 0 saturated heterocycles. The summed E-state index contributed by atoms with van der Waals surface area (Å²) in [7, 11) is 0. The Balaban J connectivity index is 2.28. The number of carboxylic acids is 1. The van der Waals surface area contributed by atoms with Crippen LogP contribution in [0.25, 0.3) is 5.69 Å². The third-order valence-electron chi connectivity index (χ3n) is 2.17. The molecule has 0 aliphatic carbocycles. The van der Waals surface area contributed by atoms with Gasteiger partial charge in [0.05, 0.1) is 35.9 Å². The lowest BCUT2D eigenvalue weighted by molar-refractivity contribution is 0.0696. The first-order chi connectivity index (χ1) is 8.56. The number of nitrogens with zero attached hydrogens (tertiary/aromatic N) is 3. The van der Waals surface area contributed by atoms with Gasteiger partial charge in [-0.05, 0) is 19.9 Å². The van der Waals surface area contributed by atoms with Crippen LogP contribution >= 0.6 is 0 Å². The number of aromatic nitrogens is 3. The van der Waals surface area contributed by atoms with E-state index in [1.54, 1.807) is 18.6 Å². The molecule has 0 aliphatic rings. The molecule has 0 atom stereocenters. The van der Waals surface area contributed by atoms with Crippen LogP contribution in [0.3, 0.4) is 0 Å². The topological polar surface area (TPSA) is 77.2 Å².